The van der Waals surface area contributed by atoms with Crippen molar-refractivity contribution in [3.05, 3.63) is 0 Å². The summed E-state index contributed by atoms with van der Waals surface area (Å²) in [6.07, 6.45) is 1.22. The Morgan fingerprint density at radius 1 is 0.875 bits per heavy atom. The molecular weight excluding hydrogens is 310 g/mol. The number of likely N-dealkylation sites (tertiary alicyclic amines) is 1. The number of hydrogen-bond donors (Lipinski definition) is 0. The molecule has 0 aromatic carbocycles. The lowest BCUT2D eigenvalue weighted by atomic mass is 9.90. The Bertz CT molecular complexity index is 465. The predicted molar refractivity (Wildman–Crippen MR) is 90.6 cm³/mol. The highest BCUT2D eigenvalue weighted by molar-refractivity contribution is 5.85. The van der Waals surface area contributed by atoms with E-state index >= 15 is 0 Å². The van der Waals surface area contributed by atoms with Crippen LogP contribution in [0, 0.1) is 5.92 Å². The molecule has 0 aromatic rings. The summed E-state index contributed by atoms with van der Waals surface area (Å²) in [6, 6.07) is 0. The zero-order chi connectivity index (χ0) is 18.5. The first kappa shape index (κ1) is 20.5. The summed E-state index contributed by atoms with van der Waals surface area (Å²) in [5.41, 5.74) is -1.05. The maximum atomic E-state index is 12.2. The van der Waals surface area contributed by atoms with Gasteiger partial charge in [0.15, 0.2) is 0 Å². The third-order valence-electron chi connectivity index (χ3n) is 3.60. The van der Waals surface area contributed by atoms with Gasteiger partial charge in [-0.3, -0.25) is 9.59 Å². The average Bonchev–Trinajstić information content (AvgIpc) is 2.41. The van der Waals surface area contributed by atoms with Crippen LogP contribution in [-0.2, 0) is 19.1 Å². The number of ketones is 1. The molecule has 1 heterocycles. The smallest absolute Gasteiger partial charge is 0.410 e. The Balaban J connectivity index is 2.35. The minimum atomic E-state index is -0.529. The van der Waals surface area contributed by atoms with E-state index < -0.39 is 11.2 Å². The van der Waals surface area contributed by atoms with Crippen LogP contribution in [0.4, 0.5) is 4.79 Å². The molecular formula is C18H31NO5. The molecule has 0 aliphatic carbocycles. The molecule has 0 aromatic heterocycles. The Labute approximate surface area is 144 Å². The topological polar surface area (TPSA) is 72.9 Å². The Hall–Kier alpha value is -1.59. The van der Waals surface area contributed by atoms with Crippen LogP contribution >= 0.6 is 0 Å². The number of hydrogen-bond acceptors (Lipinski definition) is 5. The summed E-state index contributed by atoms with van der Waals surface area (Å²) in [6.45, 7) is 11.9. The van der Waals surface area contributed by atoms with Crippen molar-refractivity contribution in [1.29, 1.82) is 0 Å². The lowest BCUT2D eigenvalue weighted by Gasteiger charge is -2.33. The van der Waals surface area contributed by atoms with Gasteiger partial charge in [-0.15, -0.1) is 0 Å². The molecule has 1 fully saturated rings. The van der Waals surface area contributed by atoms with E-state index in [-0.39, 0.29) is 36.6 Å². The van der Waals surface area contributed by atoms with Crippen LogP contribution in [0.1, 0.15) is 67.2 Å². The summed E-state index contributed by atoms with van der Waals surface area (Å²) < 4.78 is 10.5. The number of carbonyl (C=O) groups excluding carboxylic acids is 3. The SMILES string of the molecule is CC(C)(C)OC(=O)CCC(=O)C1CCN(C(=O)OC(C)(C)C)CC1. The molecule has 24 heavy (non-hydrogen) atoms. The number of Topliss-reactive ketones (excluding diaryl/α,β-unsaturated/α-hetero) is 1. The fourth-order valence-electron chi connectivity index (χ4n) is 2.53. The summed E-state index contributed by atoms with van der Waals surface area (Å²) >= 11 is 0. The predicted octanol–water partition coefficient (Wildman–Crippen LogP) is 3.32. The molecule has 1 aliphatic rings. The maximum absolute atomic E-state index is 12.2. The van der Waals surface area contributed by atoms with Gasteiger partial charge in [0.2, 0.25) is 0 Å². The van der Waals surface area contributed by atoms with Crippen molar-refractivity contribution >= 4 is 17.8 Å². The van der Waals surface area contributed by atoms with Crippen LogP contribution in [0.5, 0.6) is 0 Å². The zero-order valence-electron chi connectivity index (χ0n) is 15.8. The van der Waals surface area contributed by atoms with Crippen molar-refractivity contribution in [2.24, 2.45) is 5.92 Å². The van der Waals surface area contributed by atoms with Gasteiger partial charge >= 0.3 is 12.1 Å². The molecule has 1 rings (SSSR count). The van der Waals surface area contributed by atoms with E-state index in [4.69, 9.17) is 9.47 Å². The van der Waals surface area contributed by atoms with Crippen molar-refractivity contribution in [2.45, 2.75) is 78.4 Å². The van der Waals surface area contributed by atoms with Crippen LogP contribution in [0.25, 0.3) is 0 Å². The van der Waals surface area contributed by atoms with E-state index in [2.05, 4.69) is 0 Å². The molecule has 0 N–H and O–H groups in total. The molecule has 0 saturated carbocycles. The molecule has 0 unspecified atom stereocenters. The van der Waals surface area contributed by atoms with Crippen molar-refractivity contribution in [1.82, 2.24) is 4.90 Å². The largest absolute Gasteiger partial charge is 0.460 e. The van der Waals surface area contributed by atoms with Crippen LogP contribution < -0.4 is 0 Å². The normalized spacial score (nSPS) is 16.7. The molecule has 0 bridgehead atoms. The number of carbonyl (C=O) groups is 3. The van der Waals surface area contributed by atoms with Crippen LogP contribution in [0.3, 0.4) is 0 Å². The average molecular weight is 341 g/mol. The summed E-state index contributed by atoms with van der Waals surface area (Å²) in [4.78, 5) is 37.5. The number of ether oxygens (including phenoxy) is 2. The van der Waals surface area contributed by atoms with E-state index in [9.17, 15) is 14.4 Å². The van der Waals surface area contributed by atoms with Gasteiger partial charge in [0, 0.05) is 25.4 Å². The highest BCUT2D eigenvalue weighted by Crippen LogP contribution is 2.22. The van der Waals surface area contributed by atoms with Crippen LogP contribution in [0.15, 0.2) is 0 Å². The number of nitrogens with zero attached hydrogens (tertiary/aromatic N) is 1. The van der Waals surface area contributed by atoms with E-state index in [0.29, 0.717) is 25.9 Å². The Kier molecular flexibility index (Phi) is 6.81. The fraction of sp³-hybridized carbons (Fsp3) is 0.833. The maximum Gasteiger partial charge on any atom is 0.410 e. The highest BCUT2D eigenvalue weighted by Gasteiger charge is 2.30. The third kappa shape index (κ3) is 7.79. The van der Waals surface area contributed by atoms with Gasteiger partial charge in [-0.1, -0.05) is 0 Å². The Morgan fingerprint density at radius 2 is 1.38 bits per heavy atom. The van der Waals surface area contributed by atoms with E-state index in [1.807, 2.05) is 20.8 Å². The van der Waals surface area contributed by atoms with Gasteiger partial charge in [0.25, 0.3) is 0 Å². The molecule has 1 aliphatic heterocycles. The lowest BCUT2D eigenvalue weighted by molar-refractivity contribution is -0.155. The van der Waals surface area contributed by atoms with Gasteiger partial charge < -0.3 is 14.4 Å². The van der Waals surface area contributed by atoms with E-state index in [0.717, 1.165) is 0 Å². The first-order valence-electron chi connectivity index (χ1n) is 8.60. The van der Waals surface area contributed by atoms with Gasteiger partial charge in [0.1, 0.15) is 17.0 Å². The molecule has 138 valence electrons. The number of piperidine rings is 1. The van der Waals surface area contributed by atoms with Gasteiger partial charge in [-0.2, -0.15) is 0 Å². The highest BCUT2D eigenvalue weighted by atomic mass is 16.6. The summed E-state index contributed by atoms with van der Waals surface area (Å²) in [5.74, 6) is -0.363. The molecule has 0 spiro atoms. The number of amides is 1. The van der Waals surface area contributed by atoms with Crippen molar-refractivity contribution < 1.29 is 23.9 Å². The monoisotopic (exact) mass is 341 g/mol. The minimum absolute atomic E-state index is 0.0738. The van der Waals surface area contributed by atoms with Crippen molar-refractivity contribution in [3.63, 3.8) is 0 Å². The lowest BCUT2D eigenvalue weighted by Crippen LogP contribution is -2.43. The first-order chi connectivity index (χ1) is 10.9. The second-order valence-corrected chi connectivity index (χ2v) is 8.29. The number of esters is 1. The molecule has 1 saturated heterocycles. The van der Waals surface area contributed by atoms with Gasteiger partial charge in [-0.25, -0.2) is 4.79 Å². The van der Waals surface area contributed by atoms with Crippen LogP contribution in [-0.4, -0.2) is 47.0 Å². The molecule has 1 amide bonds. The standard InChI is InChI=1S/C18H31NO5/c1-17(2,3)23-15(21)8-7-14(20)13-9-11-19(12-10-13)16(22)24-18(4,5)6/h13H,7-12H2,1-6H3. The van der Waals surface area contributed by atoms with Crippen molar-refractivity contribution in [2.75, 3.05) is 13.1 Å². The molecule has 0 radical (unpaired) electrons. The van der Waals surface area contributed by atoms with Crippen molar-refractivity contribution in [3.8, 4) is 0 Å². The second-order valence-electron chi connectivity index (χ2n) is 8.29. The minimum Gasteiger partial charge on any atom is -0.460 e. The Morgan fingerprint density at radius 3 is 1.83 bits per heavy atom. The second kappa shape index (κ2) is 7.99. The van der Waals surface area contributed by atoms with Crippen LogP contribution in [0.2, 0.25) is 0 Å². The molecule has 0 atom stereocenters. The molecule has 6 nitrogen and oxygen atoms in total. The number of rotatable bonds is 4. The zero-order valence-corrected chi connectivity index (χ0v) is 15.8. The fourth-order valence-corrected chi connectivity index (χ4v) is 2.53. The summed E-state index contributed by atoms with van der Waals surface area (Å²) in [5, 5.41) is 0. The summed E-state index contributed by atoms with van der Waals surface area (Å²) in [7, 11) is 0. The van der Waals surface area contributed by atoms with E-state index in [1.165, 1.54) is 0 Å². The van der Waals surface area contributed by atoms with Gasteiger partial charge in [0.05, 0.1) is 6.42 Å². The van der Waals surface area contributed by atoms with E-state index in [1.54, 1.807) is 25.7 Å². The quantitative estimate of drug-likeness (QED) is 0.733. The van der Waals surface area contributed by atoms with Gasteiger partial charge in [-0.05, 0) is 54.4 Å². The first-order valence-corrected chi connectivity index (χ1v) is 8.60. The third-order valence-corrected chi connectivity index (χ3v) is 3.60. The molecule has 6 heteroatoms.